The van der Waals surface area contributed by atoms with Crippen LogP contribution in [0.25, 0.3) is 5.65 Å². The largest absolute Gasteiger partial charge is 0.379 e. The maximum absolute atomic E-state index is 5.82. The summed E-state index contributed by atoms with van der Waals surface area (Å²) in [7, 11) is 4.23. The second-order valence-corrected chi connectivity index (χ2v) is 6.98. The summed E-state index contributed by atoms with van der Waals surface area (Å²) in [5.41, 5.74) is 3.16. The fourth-order valence-electron chi connectivity index (χ4n) is 3.37. The molecule has 1 aliphatic carbocycles. The number of rotatable bonds is 4. The topological polar surface area (TPSA) is 58.8 Å². The molecule has 0 spiro atoms. The van der Waals surface area contributed by atoms with E-state index in [1.54, 1.807) is 6.33 Å². The number of aromatic nitrogens is 4. The van der Waals surface area contributed by atoms with E-state index in [9.17, 15) is 0 Å². The van der Waals surface area contributed by atoms with Crippen LogP contribution in [0.4, 0.5) is 5.69 Å². The van der Waals surface area contributed by atoms with E-state index in [1.165, 1.54) is 18.5 Å². The molecule has 2 aromatic heterocycles. The van der Waals surface area contributed by atoms with Gasteiger partial charge in [0.1, 0.15) is 6.33 Å². The molecule has 1 atom stereocenters. The highest BCUT2D eigenvalue weighted by molar-refractivity contribution is 5.68. The first-order valence-corrected chi connectivity index (χ1v) is 8.39. The highest BCUT2D eigenvalue weighted by atomic mass is 16.5. The van der Waals surface area contributed by atoms with Gasteiger partial charge < -0.3 is 14.5 Å². The van der Waals surface area contributed by atoms with E-state index in [0.29, 0.717) is 11.8 Å². The van der Waals surface area contributed by atoms with Gasteiger partial charge in [-0.05, 0) is 33.0 Å². The molecule has 0 radical (unpaired) electrons. The van der Waals surface area contributed by atoms with Crippen LogP contribution < -0.4 is 4.90 Å². The molecule has 124 valence electrons. The third-order valence-electron chi connectivity index (χ3n) is 4.56. The van der Waals surface area contributed by atoms with Gasteiger partial charge in [0.2, 0.25) is 5.65 Å². The van der Waals surface area contributed by atoms with E-state index in [1.807, 2.05) is 4.52 Å². The first kappa shape index (κ1) is 14.8. The molecule has 1 unspecified atom stereocenters. The number of nitrogens with zero attached hydrogens (tertiary/aromatic N) is 6. The van der Waals surface area contributed by atoms with Gasteiger partial charge in [0.25, 0.3) is 0 Å². The molecule has 23 heavy (non-hydrogen) atoms. The Labute approximate surface area is 136 Å². The van der Waals surface area contributed by atoms with Crippen LogP contribution in [0.15, 0.2) is 12.4 Å². The Balaban J connectivity index is 1.67. The van der Waals surface area contributed by atoms with Crippen LogP contribution in [0.3, 0.4) is 0 Å². The molecule has 0 amide bonds. The van der Waals surface area contributed by atoms with Crippen molar-refractivity contribution >= 4 is 11.3 Å². The van der Waals surface area contributed by atoms with Crippen LogP contribution >= 0.6 is 0 Å². The molecule has 2 aliphatic rings. The Kier molecular flexibility index (Phi) is 3.90. The minimum absolute atomic E-state index is 0.494. The van der Waals surface area contributed by atoms with E-state index < -0.39 is 0 Å². The summed E-state index contributed by atoms with van der Waals surface area (Å²) in [6.07, 6.45) is 4.19. The van der Waals surface area contributed by atoms with Gasteiger partial charge in [0.05, 0.1) is 24.6 Å². The molecule has 3 heterocycles. The Hall–Kier alpha value is -1.73. The van der Waals surface area contributed by atoms with E-state index in [-0.39, 0.29) is 0 Å². The molecular formula is C16H24N6O. The van der Waals surface area contributed by atoms with Gasteiger partial charge in [-0.25, -0.2) is 0 Å². The van der Waals surface area contributed by atoms with Crippen molar-refractivity contribution in [2.45, 2.75) is 18.8 Å². The van der Waals surface area contributed by atoms with Crippen molar-refractivity contribution < 1.29 is 4.74 Å². The van der Waals surface area contributed by atoms with Crippen molar-refractivity contribution in [3.05, 3.63) is 18.1 Å². The molecule has 2 aromatic rings. The third-order valence-corrected chi connectivity index (χ3v) is 4.56. The second kappa shape index (κ2) is 6.05. The van der Waals surface area contributed by atoms with Crippen LogP contribution in [0.2, 0.25) is 0 Å². The lowest BCUT2D eigenvalue weighted by molar-refractivity contribution is 0.113. The number of hydrogen-bond donors (Lipinski definition) is 0. The van der Waals surface area contributed by atoms with Crippen LogP contribution in [0.5, 0.6) is 0 Å². The number of fused-ring (bicyclic) bond motifs is 1. The fourth-order valence-corrected chi connectivity index (χ4v) is 3.37. The van der Waals surface area contributed by atoms with E-state index in [2.05, 4.69) is 45.3 Å². The smallest absolute Gasteiger partial charge is 0.200 e. The van der Waals surface area contributed by atoms with Crippen LogP contribution in [0.1, 0.15) is 24.5 Å². The van der Waals surface area contributed by atoms with Gasteiger partial charge in [-0.1, -0.05) is 0 Å². The summed E-state index contributed by atoms with van der Waals surface area (Å²) in [6, 6.07) is 2.22. The maximum atomic E-state index is 5.82. The third kappa shape index (κ3) is 3.16. The Morgan fingerprint density at radius 2 is 2.22 bits per heavy atom. The standard InChI is InChI=1S/C16H24N6O/c1-20(2)8-12-9-21(5-6-23-10-12)15-7-14(13-3-4-13)19-22-11-17-18-16(15)22/h7,11-13H,3-6,8-10H2,1-2H3. The molecule has 4 rings (SSSR count). The minimum atomic E-state index is 0.494. The van der Waals surface area contributed by atoms with Crippen LogP contribution in [0, 0.1) is 5.92 Å². The van der Waals surface area contributed by atoms with Crippen molar-refractivity contribution in [3.63, 3.8) is 0 Å². The summed E-state index contributed by atoms with van der Waals surface area (Å²) in [5.74, 6) is 1.11. The molecule has 1 saturated heterocycles. The highest BCUT2D eigenvalue weighted by Gasteiger charge is 2.28. The van der Waals surface area contributed by atoms with E-state index in [0.717, 1.165) is 44.2 Å². The normalized spacial score (nSPS) is 22.7. The lowest BCUT2D eigenvalue weighted by Crippen LogP contribution is -2.35. The predicted octanol–water partition coefficient (Wildman–Crippen LogP) is 1.02. The predicted molar refractivity (Wildman–Crippen MR) is 87.8 cm³/mol. The van der Waals surface area contributed by atoms with Gasteiger partial charge in [-0.2, -0.15) is 9.61 Å². The number of anilines is 1. The Bertz CT molecular complexity index is 680. The lowest BCUT2D eigenvalue weighted by Gasteiger charge is -2.27. The monoisotopic (exact) mass is 316 g/mol. The highest BCUT2D eigenvalue weighted by Crippen LogP contribution is 2.40. The second-order valence-electron chi connectivity index (χ2n) is 6.98. The van der Waals surface area contributed by atoms with Gasteiger partial charge in [0.15, 0.2) is 0 Å². The summed E-state index contributed by atoms with van der Waals surface area (Å²) in [6.45, 7) is 4.47. The zero-order valence-electron chi connectivity index (χ0n) is 13.9. The van der Waals surface area contributed by atoms with E-state index >= 15 is 0 Å². The summed E-state index contributed by atoms with van der Waals surface area (Å²) in [4.78, 5) is 4.63. The molecule has 1 aliphatic heterocycles. The molecule has 0 N–H and O–H groups in total. The van der Waals surface area contributed by atoms with Crippen molar-refractivity contribution in [1.29, 1.82) is 0 Å². The van der Waals surface area contributed by atoms with Crippen molar-refractivity contribution in [2.75, 3.05) is 51.8 Å². The van der Waals surface area contributed by atoms with Crippen molar-refractivity contribution in [3.8, 4) is 0 Å². The Morgan fingerprint density at radius 1 is 1.35 bits per heavy atom. The molecular weight excluding hydrogens is 292 g/mol. The zero-order chi connectivity index (χ0) is 15.8. The number of ether oxygens (including phenoxy) is 1. The van der Waals surface area contributed by atoms with Gasteiger partial charge in [0, 0.05) is 31.5 Å². The summed E-state index contributed by atoms with van der Waals surface area (Å²) in [5, 5.41) is 13.0. The maximum Gasteiger partial charge on any atom is 0.200 e. The number of hydrogen-bond acceptors (Lipinski definition) is 6. The molecule has 2 fully saturated rings. The molecule has 0 bridgehead atoms. The van der Waals surface area contributed by atoms with E-state index in [4.69, 9.17) is 4.74 Å². The van der Waals surface area contributed by atoms with Crippen molar-refractivity contribution in [1.82, 2.24) is 24.7 Å². The quantitative estimate of drug-likeness (QED) is 0.839. The molecule has 1 saturated carbocycles. The summed E-state index contributed by atoms with van der Waals surface area (Å²) >= 11 is 0. The Morgan fingerprint density at radius 3 is 3.00 bits per heavy atom. The first-order chi connectivity index (χ1) is 11.2. The summed E-state index contributed by atoms with van der Waals surface area (Å²) < 4.78 is 7.65. The zero-order valence-corrected chi connectivity index (χ0v) is 13.9. The van der Waals surface area contributed by atoms with Gasteiger partial charge >= 0.3 is 0 Å². The van der Waals surface area contributed by atoms with Gasteiger partial charge in [-0.3, -0.25) is 0 Å². The minimum Gasteiger partial charge on any atom is -0.379 e. The van der Waals surface area contributed by atoms with Crippen LogP contribution in [-0.4, -0.2) is 71.7 Å². The molecule has 7 nitrogen and oxygen atoms in total. The molecule has 7 heteroatoms. The molecule has 0 aromatic carbocycles. The average Bonchev–Trinajstić information content (AvgIpc) is 3.29. The fraction of sp³-hybridized carbons (Fsp3) is 0.688. The van der Waals surface area contributed by atoms with Gasteiger partial charge in [-0.15, -0.1) is 10.2 Å². The van der Waals surface area contributed by atoms with Crippen LogP contribution in [-0.2, 0) is 4.74 Å². The SMILES string of the molecule is CN(C)CC1COCCN(c2cc(C3CC3)nn3cnnc23)C1. The lowest BCUT2D eigenvalue weighted by atomic mass is 10.1. The van der Waals surface area contributed by atoms with Crippen molar-refractivity contribution in [2.24, 2.45) is 5.92 Å². The average molecular weight is 316 g/mol. The first-order valence-electron chi connectivity index (χ1n) is 8.39.